The minimum Gasteiger partial charge on any atom is -0.345 e. The first-order chi connectivity index (χ1) is 13.7. The third-order valence-corrected chi connectivity index (χ3v) is 6.45. The van der Waals surface area contributed by atoms with Gasteiger partial charge in [-0.15, -0.1) is 0 Å². The fourth-order valence-corrected chi connectivity index (χ4v) is 4.51. The summed E-state index contributed by atoms with van der Waals surface area (Å²) in [5.74, 6) is -0.242. The molecule has 0 saturated carbocycles. The lowest BCUT2D eigenvalue weighted by molar-refractivity contribution is -0.137. The molecule has 1 aromatic heterocycles. The van der Waals surface area contributed by atoms with Crippen LogP contribution in [0.1, 0.15) is 27.0 Å². The Bertz CT molecular complexity index is 1050. The molecule has 1 fully saturated rings. The summed E-state index contributed by atoms with van der Waals surface area (Å²) >= 11 is 1.64. The van der Waals surface area contributed by atoms with E-state index in [1.165, 1.54) is 23.3 Å². The number of carbonyl (C=O) groups is 1. The molecular weight excluding hydrogens is 399 g/mol. The van der Waals surface area contributed by atoms with Crippen molar-refractivity contribution in [1.82, 2.24) is 9.88 Å². The fraction of sp³-hybridized carbons (Fsp3) is 0.333. The molecule has 1 aliphatic heterocycles. The molecule has 0 aliphatic carbocycles. The van der Waals surface area contributed by atoms with Crippen LogP contribution in [-0.2, 0) is 6.18 Å². The molecule has 0 N–H and O–H groups in total. The smallest absolute Gasteiger partial charge is 0.345 e. The number of carbonyl (C=O) groups excluding carboxylic acids is 1. The van der Waals surface area contributed by atoms with E-state index in [1.54, 1.807) is 16.2 Å². The average Bonchev–Trinajstić information content (AvgIpc) is 3.15. The van der Waals surface area contributed by atoms with E-state index in [9.17, 15) is 18.0 Å². The second kappa shape index (κ2) is 7.33. The van der Waals surface area contributed by atoms with E-state index >= 15 is 0 Å². The van der Waals surface area contributed by atoms with Gasteiger partial charge in [0.15, 0.2) is 5.13 Å². The van der Waals surface area contributed by atoms with Crippen LogP contribution in [0.4, 0.5) is 18.3 Å². The predicted molar refractivity (Wildman–Crippen MR) is 109 cm³/mol. The second-order valence-electron chi connectivity index (χ2n) is 7.21. The van der Waals surface area contributed by atoms with Gasteiger partial charge in [-0.05, 0) is 55.3 Å². The van der Waals surface area contributed by atoms with Crippen molar-refractivity contribution in [3.63, 3.8) is 0 Å². The molecular formula is C21H20F3N3OS. The highest BCUT2D eigenvalue weighted by Gasteiger charge is 2.31. The van der Waals surface area contributed by atoms with Crippen LogP contribution in [-0.4, -0.2) is 42.0 Å². The molecule has 0 radical (unpaired) electrons. The second-order valence-corrected chi connectivity index (χ2v) is 8.21. The highest BCUT2D eigenvalue weighted by atomic mass is 32.1. The third-order valence-electron chi connectivity index (χ3n) is 5.37. The summed E-state index contributed by atoms with van der Waals surface area (Å²) in [6.07, 6.45) is -4.40. The van der Waals surface area contributed by atoms with Crippen LogP contribution in [0, 0.1) is 13.8 Å². The summed E-state index contributed by atoms with van der Waals surface area (Å²) in [7, 11) is 0. The Balaban J connectivity index is 1.44. The number of rotatable bonds is 2. The standard InChI is InChI=1S/C21H20F3N3OS/c1-13-3-8-17-18(14(13)2)25-20(29-17)27-11-9-26(10-12-27)19(28)15-4-6-16(7-5-15)21(22,23)24/h3-8H,9-12H2,1-2H3. The van der Waals surface area contributed by atoms with E-state index < -0.39 is 11.7 Å². The Kier molecular flexibility index (Phi) is 4.98. The molecule has 1 aliphatic rings. The van der Waals surface area contributed by atoms with Gasteiger partial charge in [-0.2, -0.15) is 13.2 Å². The normalized spacial score (nSPS) is 15.2. The lowest BCUT2D eigenvalue weighted by atomic mass is 10.1. The monoisotopic (exact) mass is 419 g/mol. The molecule has 4 nitrogen and oxygen atoms in total. The maximum Gasteiger partial charge on any atom is 0.416 e. The molecule has 0 unspecified atom stereocenters. The minimum atomic E-state index is -4.40. The number of benzene rings is 2. The van der Waals surface area contributed by atoms with E-state index in [0.717, 1.165) is 27.5 Å². The molecule has 2 heterocycles. The van der Waals surface area contributed by atoms with Crippen LogP contribution in [0.25, 0.3) is 10.2 Å². The molecule has 3 aromatic rings. The van der Waals surface area contributed by atoms with Crippen molar-refractivity contribution < 1.29 is 18.0 Å². The summed E-state index contributed by atoms with van der Waals surface area (Å²) in [6, 6.07) is 8.58. The predicted octanol–water partition coefficient (Wildman–Crippen LogP) is 4.89. The van der Waals surface area contributed by atoms with Crippen molar-refractivity contribution in [1.29, 1.82) is 0 Å². The van der Waals surface area contributed by atoms with Gasteiger partial charge in [0.05, 0.1) is 15.8 Å². The molecule has 152 valence electrons. The molecule has 2 aromatic carbocycles. The van der Waals surface area contributed by atoms with Gasteiger partial charge < -0.3 is 9.80 Å². The molecule has 8 heteroatoms. The van der Waals surface area contributed by atoms with Crippen molar-refractivity contribution in [2.24, 2.45) is 0 Å². The number of hydrogen-bond donors (Lipinski definition) is 0. The zero-order valence-electron chi connectivity index (χ0n) is 16.1. The summed E-state index contributed by atoms with van der Waals surface area (Å²) in [5, 5.41) is 0.940. The van der Waals surface area contributed by atoms with Gasteiger partial charge in [0.1, 0.15) is 0 Å². The van der Waals surface area contributed by atoms with Crippen molar-refractivity contribution in [2.45, 2.75) is 20.0 Å². The summed E-state index contributed by atoms with van der Waals surface area (Å²) < 4.78 is 39.2. The van der Waals surface area contributed by atoms with Crippen molar-refractivity contribution in [2.75, 3.05) is 31.1 Å². The Morgan fingerprint density at radius 1 is 1.00 bits per heavy atom. The van der Waals surface area contributed by atoms with Crippen molar-refractivity contribution in [3.05, 3.63) is 58.7 Å². The van der Waals surface area contributed by atoms with Crippen LogP contribution < -0.4 is 4.90 Å². The summed E-state index contributed by atoms with van der Waals surface area (Å²) in [5.41, 5.74) is 2.94. The molecule has 29 heavy (non-hydrogen) atoms. The number of hydrogen-bond acceptors (Lipinski definition) is 4. The minimum absolute atomic E-state index is 0.242. The number of piperazine rings is 1. The highest BCUT2D eigenvalue weighted by Crippen LogP contribution is 2.32. The van der Waals surface area contributed by atoms with E-state index in [0.29, 0.717) is 26.2 Å². The number of fused-ring (bicyclic) bond motifs is 1. The van der Waals surface area contributed by atoms with E-state index in [4.69, 9.17) is 4.98 Å². The van der Waals surface area contributed by atoms with Gasteiger partial charge in [-0.25, -0.2) is 4.98 Å². The Hall–Kier alpha value is -2.61. The maximum atomic E-state index is 12.7. The third kappa shape index (κ3) is 3.81. The SMILES string of the molecule is Cc1ccc2sc(N3CCN(C(=O)c4ccc(C(F)(F)F)cc4)CC3)nc2c1C. The number of halogens is 3. The van der Waals surface area contributed by atoms with Gasteiger partial charge >= 0.3 is 6.18 Å². The lowest BCUT2D eigenvalue weighted by Crippen LogP contribution is -2.48. The molecule has 0 bridgehead atoms. The zero-order chi connectivity index (χ0) is 20.8. The van der Waals surface area contributed by atoms with Gasteiger partial charge in [0.25, 0.3) is 5.91 Å². The largest absolute Gasteiger partial charge is 0.416 e. The van der Waals surface area contributed by atoms with Crippen LogP contribution in [0.2, 0.25) is 0 Å². The van der Waals surface area contributed by atoms with E-state index in [-0.39, 0.29) is 11.5 Å². The first-order valence-electron chi connectivity index (χ1n) is 9.32. The van der Waals surface area contributed by atoms with Crippen LogP contribution in [0.3, 0.4) is 0 Å². The molecule has 0 spiro atoms. The first-order valence-corrected chi connectivity index (χ1v) is 10.1. The molecule has 4 rings (SSSR count). The summed E-state index contributed by atoms with van der Waals surface area (Å²) in [4.78, 5) is 21.3. The number of aromatic nitrogens is 1. The van der Waals surface area contributed by atoms with Gasteiger partial charge in [-0.3, -0.25) is 4.79 Å². The number of amides is 1. The van der Waals surface area contributed by atoms with Gasteiger partial charge in [-0.1, -0.05) is 17.4 Å². The zero-order valence-corrected chi connectivity index (χ0v) is 16.9. The highest BCUT2D eigenvalue weighted by molar-refractivity contribution is 7.22. The van der Waals surface area contributed by atoms with Gasteiger partial charge in [0, 0.05) is 31.7 Å². The first kappa shape index (κ1) is 19.7. The number of thiazole rings is 1. The van der Waals surface area contributed by atoms with Gasteiger partial charge in [0.2, 0.25) is 0 Å². The van der Waals surface area contributed by atoms with Crippen molar-refractivity contribution >= 4 is 32.6 Å². The maximum absolute atomic E-state index is 12.7. The topological polar surface area (TPSA) is 36.4 Å². The summed E-state index contributed by atoms with van der Waals surface area (Å²) in [6.45, 7) is 6.44. The van der Waals surface area contributed by atoms with Crippen LogP contribution in [0.15, 0.2) is 36.4 Å². The van der Waals surface area contributed by atoms with Crippen molar-refractivity contribution in [3.8, 4) is 0 Å². The van der Waals surface area contributed by atoms with Crippen LogP contribution >= 0.6 is 11.3 Å². The molecule has 0 atom stereocenters. The Labute approximate surface area is 170 Å². The Morgan fingerprint density at radius 2 is 1.66 bits per heavy atom. The fourth-order valence-electron chi connectivity index (χ4n) is 3.43. The molecule has 1 saturated heterocycles. The lowest BCUT2D eigenvalue weighted by Gasteiger charge is -2.34. The average molecular weight is 419 g/mol. The van der Waals surface area contributed by atoms with E-state index in [2.05, 4.69) is 30.9 Å². The number of anilines is 1. The number of nitrogens with zero attached hydrogens (tertiary/aromatic N) is 3. The quantitative estimate of drug-likeness (QED) is 0.593. The molecule has 1 amide bonds. The van der Waals surface area contributed by atoms with E-state index in [1.807, 2.05) is 0 Å². The Morgan fingerprint density at radius 3 is 2.28 bits per heavy atom. The van der Waals surface area contributed by atoms with Crippen LogP contribution in [0.5, 0.6) is 0 Å². The number of alkyl halides is 3. The number of aryl methyl sites for hydroxylation is 2.